The van der Waals surface area contributed by atoms with Gasteiger partial charge in [-0.1, -0.05) is 0 Å². The highest BCUT2D eigenvalue weighted by molar-refractivity contribution is 6.18. The van der Waals surface area contributed by atoms with Crippen molar-refractivity contribution in [3.05, 3.63) is 58.1 Å². The third kappa shape index (κ3) is 3.55. The molecule has 0 bridgehead atoms. The molecule has 0 radical (unpaired) electrons. The number of benzene rings is 1. The molecule has 6 heterocycles. The van der Waals surface area contributed by atoms with Gasteiger partial charge in [0.05, 0.1) is 39.1 Å². The van der Waals surface area contributed by atoms with Gasteiger partial charge in [-0.2, -0.15) is 0 Å². The number of carboxylic acids is 1. The van der Waals surface area contributed by atoms with Crippen molar-refractivity contribution in [3.8, 4) is 11.1 Å². The van der Waals surface area contributed by atoms with Crippen LogP contribution < -0.4 is 15.6 Å². The summed E-state index contributed by atoms with van der Waals surface area (Å²) >= 11 is 0. The molecule has 0 spiro atoms. The molecule has 0 unspecified atom stereocenters. The summed E-state index contributed by atoms with van der Waals surface area (Å²) in [5.41, 5.74) is -0.190. The zero-order valence-corrected chi connectivity index (χ0v) is 22.9. The number of rotatable bonds is 4. The van der Waals surface area contributed by atoms with E-state index in [4.69, 9.17) is 0 Å². The molecule has 42 heavy (non-hydrogen) atoms. The summed E-state index contributed by atoms with van der Waals surface area (Å²) < 4.78 is 48.2. The van der Waals surface area contributed by atoms with Crippen molar-refractivity contribution >= 4 is 50.3 Å². The van der Waals surface area contributed by atoms with E-state index in [-0.39, 0.29) is 40.4 Å². The Morgan fingerprint density at radius 3 is 2.71 bits per heavy atom. The first-order chi connectivity index (χ1) is 20.0. The van der Waals surface area contributed by atoms with Crippen LogP contribution in [-0.4, -0.2) is 80.9 Å². The number of H-pyrrole nitrogens is 1. The average Bonchev–Trinajstić information content (AvgIpc) is 3.59. The maximum absolute atomic E-state index is 16.2. The molecule has 7 rings (SSSR count). The number of hydrogen-bond acceptors (Lipinski definition) is 7. The number of aromatic carboxylic acids is 1. The van der Waals surface area contributed by atoms with Gasteiger partial charge in [-0.15, -0.1) is 0 Å². The molecule has 2 fully saturated rings. The van der Waals surface area contributed by atoms with Gasteiger partial charge in [-0.05, 0) is 13.1 Å². The molecule has 3 N–H and O–H groups in total. The molecule has 2 atom stereocenters. The number of alkyl halides is 1. The Morgan fingerprint density at radius 2 is 1.98 bits per heavy atom. The lowest BCUT2D eigenvalue weighted by atomic mass is 9.98. The average molecular weight is 578 g/mol. The largest absolute Gasteiger partial charge is 0.477 e. The van der Waals surface area contributed by atoms with Crippen LogP contribution in [-0.2, 0) is 7.05 Å². The second-order valence-corrected chi connectivity index (χ2v) is 11.2. The maximum atomic E-state index is 16.2. The molecule has 0 saturated carbocycles. The number of aromatic amines is 1. The Hall–Kier alpha value is -4.65. The third-order valence-corrected chi connectivity index (χ3v) is 8.63. The highest BCUT2D eigenvalue weighted by Gasteiger charge is 2.54. The summed E-state index contributed by atoms with van der Waals surface area (Å²) in [6.07, 6.45) is 4.50. The van der Waals surface area contributed by atoms with Gasteiger partial charge in [0.15, 0.2) is 11.6 Å². The van der Waals surface area contributed by atoms with Crippen molar-refractivity contribution in [1.29, 1.82) is 0 Å². The molecule has 2 aliphatic rings. The Morgan fingerprint density at radius 1 is 1.19 bits per heavy atom. The van der Waals surface area contributed by atoms with Crippen molar-refractivity contribution in [2.24, 2.45) is 7.05 Å². The molecule has 10 nitrogen and oxygen atoms in total. The predicted molar refractivity (Wildman–Crippen MR) is 153 cm³/mol. The van der Waals surface area contributed by atoms with E-state index in [1.165, 1.54) is 29.2 Å². The van der Waals surface area contributed by atoms with Crippen LogP contribution in [0.3, 0.4) is 0 Å². The van der Waals surface area contributed by atoms with E-state index in [1.54, 1.807) is 14.1 Å². The van der Waals surface area contributed by atoms with Crippen molar-refractivity contribution in [2.75, 3.05) is 43.9 Å². The normalized spacial score (nSPS) is 20.7. The zero-order valence-electron chi connectivity index (χ0n) is 22.9. The minimum atomic E-state index is -1.51. The molecule has 13 heteroatoms. The second kappa shape index (κ2) is 8.92. The number of nitrogens with zero attached hydrogens (tertiary/aromatic N) is 5. The van der Waals surface area contributed by atoms with Gasteiger partial charge in [0, 0.05) is 75.9 Å². The lowest BCUT2D eigenvalue weighted by Gasteiger charge is -2.30. The first-order valence-electron chi connectivity index (χ1n) is 13.4. The fourth-order valence-electron chi connectivity index (χ4n) is 6.74. The smallest absolute Gasteiger partial charge is 0.341 e. The topological polar surface area (TPSA) is 119 Å². The van der Waals surface area contributed by atoms with Gasteiger partial charge in [-0.3, -0.25) is 4.79 Å². The zero-order chi connectivity index (χ0) is 29.7. The van der Waals surface area contributed by atoms with Crippen LogP contribution in [0.25, 0.3) is 44.1 Å². The predicted octanol–water partition coefficient (Wildman–Crippen LogP) is 3.88. The number of carbonyl (C=O) groups is 1. The summed E-state index contributed by atoms with van der Waals surface area (Å²) in [4.78, 5) is 40.8. The van der Waals surface area contributed by atoms with Crippen molar-refractivity contribution in [1.82, 2.24) is 24.4 Å². The minimum absolute atomic E-state index is 0.0285. The minimum Gasteiger partial charge on any atom is -0.477 e. The van der Waals surface area contributed by atoms with E-state index >= 15 is 8.78 Å². The first kappa shape index (κ1) is 26.3. The van der Waals surface area contributed by atoms with E-state index in [2.05, 4.69) is 20.3 Å². The number of pyridine rings is 3. The number of likely N-dealkylation sites (tertiary alicyclic amines) is 1. The number of nitrogens with one attached hydrogen (secondary N) is 2. The fraction of sp³-hybridized carbons (Fsp3) is 0.310. The van der Waals surface area contributed by atoms with E-state index in [0.29, 0.717) is 41.1 Å². The molecule has 1 aromatic carbocycles. The molecule has 5 aromatic rings. The maximum Gasteiger partial charge on any atom is 0.341 e. The second-order valence-electron chi connectivity index (χ2n) is 11.2. The van der Waals surface area contributed by atoms with Crippen LogP contribution in [0.2, 0.25) is 0 Å². The van der Waals surface area contributed by atoms with E-state index in [0.717, 1.165) is 6.07 Å². The van der Waals surface area contributed by atoms with Crippen LogP contribution in [0.4, 0.5) is 24.5 Å². The molecule has 0 aliphatic carbocycles. The Kier molecular flexibility index (Phi) is 5.58. The SMILES string of the molecule is CNc1cc(F)c(F)c2c1[nH]c1ncc(-c3cnc4c(c3)c(=O)c(C(=O)O)cn4C)c(N3CC[C@]4(F)CN(C)C[C@H]34)c12. The highest BCUT2D eigenvalue weighted by Crippen LogP contribution is 2.48. The quantitative estimate of drug-likeness (QED) is 0.295. The molecular weight excluding hydrogens is 551 g/mol. The molecule has 2 aliphatic heterocycles. The molecule has 0 amide bonds. The fourth-order valence-corrected chi connectivity index (χ4v) is 6.74. The number of likely N-dealkylation sites (N-methyl/N-ethyl adjacent to an activating group) is 1. The Labute approximate surface area is 236 Å². The number of anilines is 2. The summed E-state index contributed by atoms with van der Waals surface area (Å²) in [5.74, 6) is -3.49. The van der Waals surface area contributed by atoms with Gasteiger partial charge in [-0.25, -0.2) is 27.9 Å². The summed E-state index contributed by atoms with van der Waals surface area (Å²) in [6.45, 7) is 0.971. The molecule has 2 saturated heterocycles. The van der Waals surface area contributed by atoms with Crippen molar-refractivity contribution in [2.45, 2.75) is 18.1 Å². The van der Waals surface area contributed by atoms with E-state index in [1.807, 2.05) is 16.8 Å². The van der Waals surface area contributed by atoms with Crippen LogP contribution >= 0.6 is 0 Å². The van der Waals surface area contributed by atoms with Gasteiger partial charge in [0.25, 0.3) is 0 Å². The van der Waals surface area contributed by atoms with Crippen LogP contribution in [0.1, 0.15) is 16.8 Å². The number of carboxylic acid groups (broad SMARTS) is 1. The number of hydrogen-bond donors (Lipinski definition) is 3. The number of aromatic nitrogens is 4. The van der Waals surface area contributed by atoms with Crippen molar-refractivity contribution in [3.63, 3.8) is 0 Å². The highest BCUT2D eigenvalue weighted by atomic mass is 19.2. The molecule has 216 valence electrons. The summed E-state index contributed by atoms with van der Waals surface area (Å²) in [5, 5.41) is 12.8. The van der Waals surface area contributed by atoms with Gasteiger partial charge in [0.2, 0.25) is 5.43 Å². The number of halogens is 3. The van der Waals surface area contributed by atoms with Crippen LogP contribution in [0, 0.1) is 11.6 Å². The Bertz CT molecular complexity index is 2040. The lowest BCUT2D eigenvalue weighted by Crippen LogP contribution is -2.40. The van der Waals surface area contributed by atoms with Gasteiger partial charge >= 0.3 is 5.97 Å². The number of aryl methyl sites for hydroxylation is 1. The van der Waals surface area contributed by atoms with Crippen LogP contribution in [0.15, 0.2) is 35.5 Å². The van der Waals surface area contributed by atoms with Gasteiger partial charge in [0.1, 0.15) is 22.5 Å². The standard InChI is InChI=1S/C29H26F3N7O3/c1-33-18-7-17(30)22(31)20-21-24(39-5-4-29(32)12-37(2)11-19(29)39)15(9-34-26(21)36-23(18)20)13-6-14-25(40)16(28(41)42)10-38(3)27(14)35-8-13/h6-10,19,33H,4-5,11-12H2,1-3H3,(H,34,36)(H,41,42)/t19-,29-/m0/s1. The van der Waals surface area contributed by atoms with Crippen LogP contribution in [0.5, 0.6) is 0 Å². The lowest BCUT2D eigenvalue weighted by molar-refractivity contribution is 0.0695. The van der Waals surface area contributed by atoms with Crippen molar-refractivity contribution < 1.29 is 23.1 Å². The van der Waals surface area contributed by atoms with E-state index in [9.17, 15) is 19.1 Å². The monoisotopic (exact) mass is 577 g/mol. The first-order valence-corrected chi connectivity index (χ1v) is 13.4. The molecule has 4 aromatic heterocycles. The number of fused-ring (bicyclic) bond motifs is 5. The van der Waals surface area contributed by atoms with Gasteiger partial charge < -0.3 is 29.8 Å². The summed E-state index contributed by atoms with van der Waals surface area (Å²) in [6, 6.07) is 2.01. The Balaban J connectivity index is 1.58. The van der Waals surface area contributed by atoms with E-state index < -0.39 is 40.3 Å². The molecular formula is C29H26F3N7O3. The summed E-state index contributed by atoms with van der Waals surface area (Å²) in [7, 11) is 5.02. The third-order valence-electron chi connectivity index (χ3n) is 8.63.